The summed E-state index contributed by atoms with van der Waals surface area (Å²) in [6.07, 6.45) is 0. The first-order valence-electron chi connectivity index (χ1n) is 3.57. The summed E-state index contributed by atoms with van der Waals surface area (Å²) in [5, 5.41) is 11.4. The van der Waals surface area contributed by atoms with Crippen molar-refractivity contribution in [2.75, 3.05) is 12.4 Å². The van der Waals surface area contributed by atoms with Gasteiger partial charge in [-0.15, -0.1) is 0 Å². The number of methoxy groups -OCH3 is 1. The fraction of sp³-hybridized carbons (Fsp3) is 0.125. The molecular formula is C8H10N2O3. The number of phenols is 1. The van der Waals surface area contributed by atoms with Gasteiger partial charge in [-0.2, -0.15) is 0 Å². The van der Waals surface area contributed by atoms with Crippen LogP contribution in [0.4, 0.5) is 10.5 Å². The zero-order valence-electron chi connectivity index (χ0n) is 7.07. The van der Waals surface area contributed by atoms with Crippen LogP contribution in [0.3, 0.4) is 0 Å². The van der Waals surface area contributed by atoms with E-state index in [0.717, 1.165) is 0 Å². The zero-order chi connectivity index (χ0) is 9.84. The summed E-state index contributed by atoms with van der Waals surface area (Å²) in [5.74, 6) is 0.473. The molecule has 2 amide bonds. The number of aromatic hydroxyl groups is 1. The normalized spacial score (nSPS) is 9.31. The van der Waals surface area contributed by atoms with Crippen LogP contribution in [0, 0.1) is 0 Å². The molecule has 5 nitrogen and oxygen atoms in total. The van der Waals surface area contributed by atoms with Gasteiger partial charge in [-0.3, -0.25) is 0 Å². The Balaban J connectivity index is 3.01. The molecule has 0 spiro atoms. The number of nitrogens with one attached hydrogen (secondary N) is 1. The number of phenolic OH excluding ortho intramolecular Hbond substituents is 1. The van der Waals surface area contributed by atoms with Crippen LogP contribution in [-0.2, 0) is 0 Å². The number of nitrogens with two attached hydrogens (primary N) is 1. The molecule has 0 unspecified atom stereocenters. The Hall–Kier alpha value is -1.91. The number of urea groups is 1. The minimum absolute atomic E-state index is 0.0320. The lowest BCUT2D eigenvalue weighted by molar-refractivity contribution is 0.259. The number of amides is 2. The van der Waals surface area contributed by atoms with Crippen molar-refractivity contribution in [3.05, 3.63) is 18.2 Å². The van der Waals surface area contributed by atoms with E-state index in [1.807, 2.05) is 0 Å². The van der Waals surface area contributed by atoms with E-state index in [2.05, 4.69) is 5.32 Å². The van der Waals surface area contributed by atoms with E-state index >= 15 is 0 Å². The molecule has 4 N–H and O–H groups in total. The Labute approximate surface area is 75.1 Å². The first-order valence-corrected chi connectivity index (χ1v) is 3.57. The second-order valence-electron chi connectivity index (χ2n) is 2.37. The van der Waals surface area contributed by atoms with Crippen LogP contribution in [0.1, 0.15) is 0 Å². The number of hydrogen-bond donors (Lipinski definition) is 3. The van der Waals surface area contributed by atoms with Crippen molar-refractivity contribution >= 4 is 11.7 Å². The first kappa shape index (κ1) is 9.18. The Morgan fingerprint density at radius 3 is 2.85 bits per heavy atom. The average Bonchev–Trinajstić information content (AvgIpc) is 2.03. The number of carbonyl (C=O) groups excluding carboxylic acids is 1. The minimum Gasteiger partial charge on any atom is -0.508 e. The highest BCUT2D eigenvalue weighted by molar-refractivity contribution is 5.89. The SMILES string of the molecule is COc1ccc(O)cc1NC(N)=O. The van der Waals surface area contributed by atoms with E-state index in [-0.39, 0.29) is 5.75 Å². The summed E-state index contributed by atoms with van der Waals surface area (Å²) in [6.45, 7) is 0. The van der Waals surface area contributed by atoms with Gasteiger partial charge in [0.2, 0.25) is 0 Å². The van der Waals surface area contributed by atoms with E-state index in [9.17, 15) is 4.79 Å². The van der Waals surface area contributed by atoms with Crippen LogP contribution in [0.25, 0.3) is 0 Å². The van der Waals surface area contributed by atoms with Crippen LogP contribution in [0.15, 0.2) is 18.2 Å². The molecule has 0 fully saturated rings. The van der Waals surface area contributed by atoms with Crippen LogP contribution in [-0.4, -0.2) is 18.2 Å². The molecule has 0 aromatic heterocycles. The van der Waals surface area contributed by atoms with Gasteiger partial charge in [0.25, 0.3) is 0 Å². The molecule has 5 heteroatoms. The smallest absolute Gasteiger partial charge is 0.316 e. The van der Waals surface area contributed by atoms with Gasteiger partial charge in [0.15, 0.2) is 0 Å². The van der Waals surface area contributed by atoms with E-state index < -0.39 is 6.03 Å². The molecule has 1 rings (SSSR count). The molecule has 0 saturated heterocycles. The molecule has 13 heavy (non-hydrogen) atoms. The molecule has 1 aromatic rings. The molecule has 0 aliphatic carbocycles. The third-order valence-corrected chi connectivity index (χ3v) is 1.44. The summed E-state index contributed by atoms with van der Waals surface area (Å²) < 4.78 is 4.92. The van der Waals surface area contributed by atoms with Crippen LogP contribution < -0.4 is 15.8 Å². The molecular weight excluding hydrogens is 172 g/mol. The minimum atomic E-state index is -0.705. The lowest BCUT2D eigenvalue weighted by Crippen LogP contribution is -2.19. The third-order valence-electron chi connectivity index (χ3n) is 1.44. The van der Waals surface area contributed by atoms with Crippen molar-refractivity contribution in [3.8, 4) is 11.5 Å². The second kappa shape index (κ2) is 3.66. The quantitative estimate of drug-likeness (QED) is 0.635. The fourth-order valence-electron chi connectivity index (χ4n) is 0.926. The van der Waals surface area contributed by atoms with Crippen LogP contribution >= 0.6 is 0 Å². The Morgan fingerprint density at radius 1 is 1.62 bits per heavy atom. The van der Waals surface area contributed by atoms with Crippen molar-refractivity contribution in [1.29, 1.82) is 0 Å². The van der Waals surface area contributed by atoms with Gasteiger partial charge >= 0.3 is 6.03 Å². The standard InChI is InChI=1S/C8H10N2O3/c1-13-7-3-2-5(11)4-6(7)10-8(9)12/h2-4,11H,1H3,(H3,9,10,12). The Bertz CT molecular complexity index is 325. The van der Waals surface area contributed by atoms with Gasteiger partial charge in [0.1, 0.15) is 11.5 Å². The molecule has 70 valence electrons. The number of carbonyl (C=O) groups is 1. The van der Waals surface area contributed by atoms with Crippen molar-refractivity contribution in [2.45, 2.75) is 0 Å². The predicted octanol–water partition coefficient (Wildman–Crippen LogP) is 0.891. The highest BCUT2D eigenvalue weighted by Gasteiger charge is 2.04. The van der Waals surface area contributed by atoms with Gasteiger partial charge in [0, 0.05) is 6.07 Å². The number of benzene rings is 1. The summed E-state index contributed by atoms with van der Waals surface area (Å²) in [5.41, 5.74) is 5.25. The lowest BCUT2D eigenvalue weighted by atomic mass is 10.3. The number of hydrogen-bond acceptors (Lipinski definition) is 3. The molecule has 0 aliphatic heterocycles. The highest BCUT2D eigenvalue weighted by Crippen LogP contribution is 2.27. The molecule has 0 bridgehead atoms. The summed E-state index contributed by atoms with van der Waals surface area (Å²) >= 11 is 0. The average molecular weight is 182 g/mol. The van der Waals surface area contributed by atoms with Gasteiger partial charge < -0.3 is 20.9 Å². The fourth-order valence-corrected chi connectivity index (χ4v) is 0.926. The van der Waals surface area contributed by atoms with Crippen molar-refractivity contribution < 1.29 is 14.6 Å². The summed E-state index contributed by atoms with van der Waals surface area (Å²) in [7, 11) is 1.46. The van der Waals surface area contributed by atoms with Gasteiger partial charge in [-0.05, 0) is 12.1 Å². The molecule has 1 aromatic carbocycles. The second-order valence-corrected chi connectivity index (χ2v) is 2.37. The maximum absolute atomic E-state index is 10.5. The number of anilines is 1. The molecule has 0 atom stereocenters. The first-order chi connectivity index (χ1) is 6.13. The Kier molecular flexibility index (Phi) is 2.59. The third kappa shape index (κ3) is 2.26. The maximum atomic E-state index is 10.5. The molecule has 0 aliphatic rings. The van der Waals surface area contributed by atoms with E-state index in [0.29, 0.717) is 11.4 Å². The van der Waals surface area contributed by atoms with Crippen molar-refractivity contribution in [3.63, 3.8) is 0 Å². The summed E-state index contributed by atoms with van der Waals surface area (Å²) in [6, 6.07) is 3.62. The lowest BCUT2D eigenvalue weighted by Gasteiger charge is -2.08. The maximum Gasteiger partial charge on any atom is 0.316 e. The number of primary amides is 1. The number of ether oxygens (including phenoxy) is 1. The predicted molar refractivity (Wildman–Crippen MR) is 47.9 cm³/mol. The highest BCUT2D eigenvalue weighted by atomic mass is 16.5. The van der Waals surface area contributed by atoms with Crippen molar-refractivity contribution in [1.82, 2.24) is 0 Å². The van der Waals surface area contributed by atoms with Gasteiger partial charge in [0.05, 0.1) is 12.8 Å². The Morgan fingerprint density at radius 2 is 2.31 bits per heavy atom. The number of rotatable bonds is 2. The van der Waals surface area contributed by atoms with Crippen LogP contribution in [0.2, 0.25) is 0 Å². The zero-order valence-corrected chi connectivity index (χ0v) is 7.07. The molecule has 0 heterocycles. The topological polar surface area (TPSA) is 84.6 Å². The van der Waals surface area contributed by atoms with Gasteiger partial charge in [-0.1, -0.05) is 0 Å². The largest absolute Gasteiger partial charge is 0.508 e. The molecule has 0 saturated carbocycles. The van der Waals surface area contributed by atoms with Crippen LogP contribution in [0.5, 0.6) is 11.5 Å². The summed E-state index contributed by atoms with van der Waals surface area (Å²) in [4.78, 5) is 10.5. The van der Waals surface area contributed by atoms with E-state index in [4.69, 9.17) is 15.6 Å². The van der Waals surface area contributed by atoms with E-state index in [1.54, 1.807) is 0 Å². The monoisotopic (exact) mass is 182 g/mol. The molecule has 0 radical (unpaired) electrons. The van der Waals surface area contributed by atoms with E-state index in [1.165, 1.54) is 25.3 Å². The van der Waals surface area contributed by atoms with Crippen molar-refractivity contribution in [2.24, 2.45) is 5.73 Å². The van der Waals surface area contributed by atoms with Gasteiger partial charge in [-0.25, -0.2) is 4.79 Å².